The van der Waals surface area contributed by atoms with Crippen LogP contribution < -0.4 is 5.32 Å². The van der Waals surface area contributed by atoms with Crippen LogP contribution in [-0.4, -0.2) is 13.1 Å². The second-order valence-corrected chi connectivity index (χ2v) is 6.83. The van der Waals surface area contributed by atoms with Crippen molar-refractivity contribution in [1.82, 2.24) is 5.32 Å². The summed E-state index contributed by atoms with van der Waals surface area (Å²) in [4.78, 5) is 1.54. The van der Waals surface area contributed by atoms with Crippen molar-refractivity contribution in [3.8, 4) is 0 Å². The Morgan fingerprint density at radius 3 is 2.45 bits per heavy atom. The normalized spacial score (nSPS) is 16.0. The molecule has 1 saturated heterocycles. The summed E-state index contributed by atoms with van der Waals surface area (Å²) < 4.78 is 27.0. The van der Waals surface area contributed by atoms with Crippen LogP contribution in [0.2, 0.25) is 0 Å². The summed E-state index contributed by atoms with van der Waals surface area (Å²) in [6, 6.07) is 10.1. The van der Waals surface area contributed by atoms with Crippen molar-refractivity contribution < 1.29 is 8.78 Å². The fourth-order valence-corrected chi connectivity index (χ4v) is 3.90. The summed E-state index contributed by atoms with van der Waals surface area (Å²) in [5.74, 6) is -0.529. The van der Waals surface area contributed by atoms with Gasteiger partial charge in [0.05, 0.1) is 0 Å². The van der Waals surface area contributed by atoms with Crippen LogP contribution in [0.15, 0.2) is 46.2 Å². The van der Waals surface area contributed by atoms with Crippen molar-refractivity contribution in [2.45, 2.75) is 35.5 Å². The molecule has 0 aromatic heterocycles. The number of hydrogen-bond acceptors (Lipinski definition) is 2. The average Bonchev–Trinajstić information content (AvgIpc) is 2.52. The Labute approximate surface area is 134 Å². The largest absolute Gasteiger partial charge is 0.317 e. The maximum atomic E-state index is 13.9. The van der Waals surface area contributed by atoms with Gasteiger partial charge in [0, 0.05) is 15.9 Å². The van der Waals surface area contributed by atoms with E-state index >= 15 is 0 Å². The van der Waals surface area contributed by atoms with Gasteiger partial charge in [-0.05, 0) is 62.5 Å². The Kier molecular flexibility index (Phi) is 4.79. The minimum Gasteiger partial charge on any atom is -0.317 e. The van der Waals surface area contributed by atoms with Gasteiger partial charge in [0.15, 0.2) is 0 Å². The fourth-order valence-electron chi connectivity index (χ4n) is 2.89. The predicted octanol–water partition coefficient (Wildman–Crippen LogP) is 4.89. The molecule has 0 radical (unpaired) electrons. The average molecular weight is 319 g/mol. The fraction of sp³-hybridized carbons (Fsp3) is 0.333. The Bertz CT molecular complexity index is 666. The first-order chi connectivity index (χ1) is 10.6. The number of piperidine rings is 1. The standard InChI is InChI=1S/C18H19F2NS/c1-12-2-4-17(15(10-12)13-6-8-21-9-7-13)22-18-5-3-14(19)11-16(18)20/h2-5,10-11,13,21H,6-9H2,1H3. The van der Waals surface area contributed by atoms with Gasteiger partial charge in [-0.15, -0.1) is 0 Å². The topological polar surface area (TPSA) is 12.0 Å². The van der Waals surface area contributed by atoms with E-state index in [2.05, 4.69) is 24.4 Å². The highest BCUT2D eigenvalue weighted by Crippen LogP contribution is 2.38. The highest BCUT2D eigenvalue weighted by Gasteiger charge is 2.19. The minimum absolute atomic E-state index is 0.473. The zero-order valence-electron chi connectivity index (χ0n) is 12.5. The molecule has 1 heterocycles. The summed E-state index contributed by atoms with van der Waals surface area (Å²) in [6.07, 6.45) is 2.20. The lowest BCUT2D eigenvalue weighted by molar-refractivity contribution is 0.456. The van der Waals surface area contributed by atoms with Crippen LogP contribution in [0.1, 0.15) is 29.9 Å². The minimum atomic E-state index is -0.538. The molecule has 116 valence electrons. The molecule has 4 heteroatoms. The van der Waals surface area contributed by atoms with Crippen molar-refractivity contribution in [2.75, 3.05) is 13.1 Å². The maximum Gasteiger partial charge on any atom is 0.140 e. The molecule has 1 N–H and O–H groups in total. The van der Waals surface area contributed by atoms with E-state index in [1.54, 1.807) is 0 Å². The van der Waals surface area contributed by atoms with Crippen molar-refractivity contribution in [3.05, 3.63) is 59.2 Å². The van der Waals surface area contributed by atoms with Gasteiger partial charge < -0.3 is 5.32 Å². The molecular weight excluding hydrogens is 300 g/mol. The van der Waals surface area contributed by atoms with Gasteiger partial charge in [0.1, 0.15) is 11.6 Å². The van der Waals surface area contributed by atoms with Crippen molar-refractivity contribution in [2.24, 2.45) is 0 Å². The van der Waals surface area contributed by atoms with E-state index in [0.717, 1.165) is 36.9 Å². The molecule has 22 heavy (non-hydrogen) atoms. The maximum absolute atomic E-state index is 13.9. The van der Waals surface area contributed by atoms with Gasteiger partial charge in [-0.1, -0.05) is 29.5 Å². The van der Waals surface area contributed by atoms with E-state index in [9.17, 15) is 8.78 Å². The Morgan fingerprint density at radius 2 is 1.73 bits per heavy atom. The third-order valence-corrected chi connectivity index (χ3v) is 5.20. The zero-order chi connectivity index (χ0) is 15.5. The molecular formula is C18H19F2NS. The molecule has 1 fully saturated rings. The highest BCUT2D eigenvalue weighted by atomic mass is 32.2. The first-order valence-corrected chi connectivity index (χ1v) is 8.39. The third kappa shape index (κ3) is 3.50. The van der Waals surface area contributed by atoms with Gasteiger partial charge in [0.25, 0.3) is 0 Å². The van der Waals surface area contributed by atoms with Crippen molar-refractivity contribution in [1.29, 1.82) is 0 Å². The number of hydrogen-bond donors (Lipinski definition) is 1. The van der Waals surface area contributed by atoms with Crippen LogP contribution in [-0.2, 0) is 0 Å². The van der Waals surface area contributed by atoms with Gasteiger partial charge >= 0.3 is 0 Å². The van der Waals surface area contributed by atoms with Crippen LogP contribution in [0, 0.1) is 18.6 Å². The van der Waals surface area contributed by atoms with Gasteiger partial charge in [0.2, 0.25) is 0 Å². The number of halogens is 2. The molecule has 0 amide bonds. The molecule has 0 atom stereocenters. The van der Waals surface area contributed by atoms with Crippen molar-refractivity contribution in [3.63, 3.8) is 0 Å². The first kappa shape index (κ1) is 15.5. The quantitative estimate of drug-likeness (QED) is 0.864. The number of aryl methyl sites for hydroxylation is 1. The molecule has 0 aliphatic carbocycles. The van der Waals surface area contributed by atoms with E-state index in [4.69, 9.17) is 0 Å². The van der Waals surface area contributed by atoms with E-state index < -0.39 is 11.6 Å². The van der Waals surface area contributed by atoms with Crippen LogP contribution in [0.3, 0.4) is 0 Å². The number of benzene rings is 2. The lowest BCUT2D eigenvalue weighted by atomic mass is 9.89. The summed E-state index contributed by atoms with van der Waals surface area (Å²) in [5.41, 5.74) is 2.51. The molecule has 0 spiro atoms. The summed E-state index contributed by atoms with van der Waals surface area (Å²) in [6.45, 7) is 4.12. The van der Waals surface area contributed by atoms with E-state index in [1.807, 2.05) is 6.07 Å². The van der Waals surface area contributed by atoms with Crippen LogP contribution in [0.4, 0.5) is 8.78 Å². The molecule has 2 aromatic carbocycles. The second-order valence-electron chi connectivity index (χ2n) is 5.74. The molecule has 3 rings (SSSR count). The Balaban J connectivity index is 1.92. The van der Waals surface area contributed by atoms with Gasteiger partial charge in [-0.3, -0.25) is 0 Å². The summed E-state index contributed by atoms with van der Waals surface area (Å²) in [7, 11) is 0. The van der Waals surface area contributed by atoms with Gasteiger partial charge in [-0.25, -0.2) is 8.78 Å². The lowest BCUT2D eigenvalue weighted by Crippen LogP contribution is -2.26. The molecule has 2 aromatic rings. The van der Waals surface area contributed by atoms with E-state index in [-0.39, 0.29) is 0 Å². The number of nitrogens with one attached hydrogen (secondary N) is 1. The van der Waals surface area contributed by atoms with Crippen LogP contribution in [0.25, 0.3) is 0 Å². The zero-order valence-corrected chi connectivity index (χ0v) is 13.4. The van der Waals surface area contributed by atoms with Gasteiger partial charge in [-0.2, -0.15) is 0 Å². The molecule has 1 nitrogen and oxygen atoms in total. The summed E-state index contributed by atoms with van der Waals surface area (Å²) in [5, 5.41) is 3.38. The molecule has 1 aliphatic heterocycles. The van der Waals surface area contributed by atoms with E-state index in [0.29, 0.717) is 10.8 Å². The number of rotatable bonds is 3. The highest BCUT2D eigenvalue weighted by molar-refractivity contribution is 7.99. The van der Waals surface area contributed by atoms with Crippen LogP contribution in [0.5, 0.6) is 0 Å². The van der Waals surface area contributed by atoms with E-state index in [1.165, 1.54) is 35.0 Å². The Hall–Kier alpha value is -1.39. The predicted molar refractivity (Wildman–Crippen MR) is 86.5 cm³/mol. The van der Waals surface area contributed by atoms with Crippen molar-refractivity contribution >= 4 is 11.8 Å². The smallest absolute Gasteiger partial charge is 0.140 e. The molecule has 0 unspecified atom stereocenters. The van der Waals surface area contributed by atoms with Crippen LogP contribution >= 0.6 is 11.8 Å². The monoisotopic (exact) mass is 319 g/mol. The third-order valence-electron chi connectivity index (χ3n) is 4.06. The molecule has 0 bridgehead atoms. The Morgan fingerprint density at radius 1 is 1.00 bits per heavy atom. The molecule has 0 saturated carbocycles. The first-order valence-electron chi connectivity index (χ1n) is 7.57. The second kappa shape index (κ2) is 6.80. The lowest BCUT2D eigenvalue weighted by Gasteiger charge is -2.25. The summed E-state index contributed by atoms with van der Waals surface area (Å²) >= 11 is 1.39. The SMILES string of the molecule is Cc1ccc(Sc2ccc(F)cc2F)c(C2CCNCC2)c1. The molecule has 1 aliphatic rings.